The molecule has 2 rings (SSSR count). The van der Waals surface area contributed by atoms with Gasteiger partial charge < -0.3 is 10.1 Å². The van der Waals surface area contributed by atoms with Crippen molar-refractivity contribution >= 4 is 0 Å². The van der Waals surface area contributed by atoms with Gasteiger partial charge in [0.25, 0.3) is 0 Å². The van der Waals surface area contributed by atoms with E-state index in [1.807, 2.05) is 13.0 Å². The normalized spacial score (nSPS) is 11.8. The second kappa shape index (κ2) is 4.62. The van der Waals surface area contributed by atoms with E-state index in [0.29, 0.717) is 0 Å². The van der Waals surface area contributed by atoms with Crippen LogP contribution in [0.2, 0.25) is 0 Å². The minimum atomic E-state index is 0.0857. The smallest absolute Gasteiger partial charge is 0.0699 e. The van der Waals surface area contributed by atoms with Crippen molar-refractivity contribution in [2.45, 2.75) is 39.7 Å². The molecule has 0 radical (unpaired) electrons. The van der Waals surface area contributed by atoms with Gasteiger partial charge in [-0.15, -0.1) is 0 Å². The topological polar surface area (TPSA) is 36.0 Å². The van der Waals surface area contributed by atoms with Crippen molar-refractivity contribution in [2.75, 3.05) is 0 Å². The van der Waals surface area contributed by atoms with Crippen LogP contribution < -0.4 is 0 Å². The van der Waals surface area contributed by atoms with E-state index in [-0.39, 0.29) is 12.0 Å². The van der Waals surface area contributed by atoms with E-state index in [1.54, 1.807) is 0 Å². The zero-order valence-corrected chi connectivity index (χ0v) is 11.5. The molecule has 18 heavy (non-hydrogen) atoms. The van der Waals surface area contributed by atoms with Gasteiger partial charge in [0.2, 0.25) is 0 Å². The monoisotopic (exact) mass is 243 g/mol. The zero-order chi connectivity index (χ0) is 13.3. The maximum atomic E-state index is 9.21. The lowest BCUT2D eigenvalue weighted by atomic mass is 9.86. The van der Waals surface area contributed by atoms with Crippen LogP contribution in [0.1, 0.15) is 37.6 Å². The summed E-state index contributed by atoms with van der Waals surface area (Å²) in [7, 11) is 0. The molecule has 2 heteroatoms. The first-order chi connectivity index (χ1) is 8.41. The number of hydrogen-bond donors (Lipinski definition) is 2. The van der Waals surface area contributed by atoms with E-state index in [9.17, 15) is 5.11 Å². The molecule has 0 aliphatic carbocycles. The predicted molar refractivity (Wildman–Crippen MR) is 75.6 cm³/mol. The van der Waals surface area contributed by atoms with Gasteiger partial charge in [-0.25, -0.2) is 0 Å². The van der Waals surface area contributed by atoms with E-state index < -0.39 is 0 Å². The molecule has 1 aromatic heterocycles. The fourth-order valence-corrected chi connectivity index (χ4v) is 2.07. The van der Waals surface area contributed by atoms with Gasteiger partial charge in [-0.2, -0.15) is 0 Å². The van der Waals surface area contributed by atoms with Crippen LogP contribution >= 0.6 is 0 Å². The van der Waals surface area contributed by atoms with E-state index in [4.69, 9.17) is 0 Å². The van der Waals surface area contributed by atoms with Gasteiger partial charge in [0, 0.05) is 11.4 Å². The third-order valence-electron chi connectivity index (χ3n) is 3.35. The number of aryl methyl sites for hydroxylation is 1. The fraction of sp³-hybridized carbons (Fsp3) is 0.375. The van der Waals surface area contributed by atoms with Crippen LogP contribution in [0, 0.1) is 6.92 Å². The van der Waals surface area contributed by atoms with E-state index in [2.05, 4.69) is 50.0 Å². The lowest BCUT2D eigenvalue weighted by molar-refractivity contribution is 0.281. The summed E-state index contributed by atoms with van der Waals surface area (Å²) in [6.45, 7) is 8.71. The molecular weight excluding hydrogens is 222 g/mol. The quantitative estimate of drug-likeness (QED) is 0.827. The molecule has 0 bridgehead atoms. The molecule has 2 N–H and O–H groups in total. The Hall–Kier alpha value is -1.54. The molecule has 0 unspecified atom stereocenters. The van der Waals surface area contributed by atoms with Crippen LogP contribution in [0.25, 0.3) is 11.3 Å². The number of benzene rings is 1. The van der Waals surface area contributed by atoms with Crippen LogP contribution in [0.15, 0.2) is 30.3 Å². The van der Waals surface area contributed by atoms with Crippen molar-refractivity contribution in [3.63, 3.8) is 0 Å². The summed E-state index contributed by atoms with van der Waals surface area (Å²) in [6.07, 6.45) is 0. The van der Waals surface area contributed by atoms with Crippen LogP contribution in [0.5, 0.6) is 0 Å². The van der Waals surface area contributed by atoms with Gasteiger partial charge in [-0.05, 0) is 35.1 Å². The molecule has 1 heterocycles. The third-order valence-corrected chi connectivity index (χ3v) is 3.35. The molecule has 0 saturated heterocycles. The van der Waals surface area contributed by atoms with Crippen molar-refractivity contribution in [1.82, 2.24) is 4.98 Å². The summed E-state index contributed by atoms with van der Waals surface area (Å²) < 4.78 is 0. The highest BCUT2D eigenvalue weighted by Gasteiger charge is 2.13. The molecule has 0 spiro atoms. The molecule has 0 saturated carbocycles. The number of aromatic amines is 1. The number of rotatable bonds is 2. The molecular formula is C16H21NO. The minimum absolute atomic E-state index is 0.0857. The van der Waals surface area contributed by atoms with Crippen LogP contribution in [-0.4, -0.2) is 10.1 Å². The molecule has 0 aliphatic rings. The first-order valence-electron chi connectivity index (χ1n) is 6.32. The Morgan fingerprint density at radius 3 is 2.17 bits per heavy atom. The second-order valence-corrected chi connectivity index (χ2v) is 5.82. The van der Waals surface area contributed by atoms with Crippen molar-refractivity contribution < 1.29 is 5.11 Å². The first-order valence-corrected chi connectivity index (χ1v) is 6.32. The average Bonchev–Trinajstić information content (AvgIpc) is 2.69. The van der Waals surface area contributed by atoms with Gasteiger partial charge in [0.1, 0.15) is 0 Å². The maximum absolute atomic E-state index is 9.21. The summed E-state index contributed by atoms with van der Waals surface area (Å²) in [5, 5.41) is 9.21. The van der Waals surface area contributed by atoms with E-state index >= 15 is 0 Å². The fourth-order valence-electron chi connectivity index (χ4n) is 2.07. The highest BCUT2D eigenvalue weighted by Crippen LogP contribution is 2.26. The maximum Gasteiger partial charge on any atom is 0.0699 e. The van der Waals surface area contributed by atoms with Gasteiger partial charge in [0.05, 0.1) is 6.61 Å². The minimum Gasteiger partial charge on any atom is -0.392 e. The summed E-state index contributed by atoms with van der Waals surface area (Å²) in [5.41, 5.74) is 5.73. The van der Waals surface area contributed by atoms with Crippen molar-refractivity contribution in [2.24, 2.45) is 0 Å². The Bertz CT molecular complexity index is 529. The SMILES string of the molecule is Cc1[nH]c(-c2ccc(C(C)(C)C)cc2)cc1CO. The highest BCUT2D eigenvalue weighted by molar-refractivity contribution is 5.62. The van der Waals surface area contributed by atoms with Crippen molar-refractivity contribution in [3.8, 4) is 11.3 Å². The number of aliphatic hydroxyl groups excluding tert-OH is 1. The molecule has 2 aromatic rings. The Morgan fingerprint density at radius 2 is 1.72 bits per heavy atom. The Morgan fingerprint density at radius 1 is 1.11 bits per heavy atom. The Labute approximate surface area is 109 Å². The Kier molecular flexibility index (Phi) is 3.31. The van der Waals surface area contributed by atoms with Crippen molar-refractivity contribution in [3.05, 3.63) is 47.2 Å². The van der Waals surface area contributed by atoms with Gasteiger partial charge in [-0.3, -0.25) is 0 Å². The van der Waals surface area contributed by atoms with Crippen LogP contribution in [-0.2, 0) is 12.0 Å². The number of aromatic nitrogens is 1. The number of nitrogens with one attached hydrogen (secondary N) is 1. The molecule has 2 nitrogen and oxygen atoms in total. The summed E-state index contributed by atoms with van der Waals surface area (Å²) in [6, 6.07) is 10.6. The molecule has 0 fully saturated rings. The lowest BCUT2D eigenvalue weighted by Gasteiger charge is -2.19. The molecule has 1 aromatic carbocycles. The van der Waals surface area contributed by atoms with Gasteiger partial charge in [-0.1, -0.05) is 45.0 Å². The van der Waals surface area contributed by atoms with E-state index in [1.165, 1.54) is 5.56 Å². The highest BCUT2D eigenvalue weighted by atomic mass is 16.3. The van der Waals surface area contributed by atoms with Crippen LogP contribution in [0.3, 0.4) is 0 Å². The standard InChI is InChI=1S/C16H21NO/c1-11-13(10-18)9-15(17-11)12-5-7-14(8-6-12)16(2,3)4/h5-9,17-18H,10H2,1-4H3. The average molecular weight is 243 g/mol. The Balaban J connectivity index is 2.34. The first kappa shape index (κ1) is 12.9. The number of hydrogen-bond acceptors (Lipinski definition) is 1. The molecule has 96 valence electrons. The lowest BCUT2D eigenvalue weighted by Crippen LogP contribution is -2.10. The molecule has 0 atom stereocenters. The third kappa shape index (κ3) is 2.49. The predicted octanol–water partition coefficient (Wildman–Crippen LogP) is 3.78. The summed E-state index contributed by atoms with van der Waals surface area (Å²) in [4.78, 5) is 3.31. The number of aliphatic hydroxyl groups is 1. The summed E-state index contributed by atoms with van der Waals surface area (Å²) >= 11 is 0. The molecule has 0 amide bonds. The van der Waals surface area contributed by atoms with Crippen molar-refractivity contribution in [1.29, 1.82) is 0 Å². The van der Waals surface area contributed by atoms with Crippen LogP contribution in [0.4, 0.5) is 0 Å². The molecule has 0 aliphatic heterocycles. The van der Waals surface area contributed by atoms with Gasteiger partial charge in [0.15, 0.2) is 0 Å². The largest absolute Gasteiger partial charge is 0.392 e. The summed E-state index contributed by atoms with van der Waals surface area (Å²) in [5.74, 6) is 0. The zero-order valence-electron chi connectivity index (χ0n) is 11.5. The second-order valence-electron chi connectivity index (χ2n) is 5.82. The van der Waals surface area contributed by atoms with Gasteiger partial charge >= 0.3 is 0 Å². The number of H-pyrrole nitrogens is 1. The van der Waals surface area contributed by atoms with E-state index in [0.717, 1.165) is 22.5 Å².